The smallest absolute Gasteiger partial charge is 0.218 e. The lowest BCUT2D eigenvalue weighted by Crippen LogP contribution is -2.36. The fraction of sp³-hybridized carbons (Fsp3) is 0.400. The van der Waals surface area contributed by atoms with E-state index in [9.17, 15) is 5.11 Å². The van der Waals surface area contributed by atoms with Crippen molar-refractivity contribution in [1.29, 1.82) is 0 Å². The molecule has 26 heavy (non-hydrogen) atoms. The standard InChI is InChI=1S/C20H25N5O/c1-23-18-7-3-4-8-19(18)24(2)20(23)22-21-15-9-11-16(12-10-15)25-13-5-6-17(25)14-26/h3-4,7-12,17,20,26H,5-6,13-14H2,1-2H3. The number of aliphatic hydroxyl groups excluding tert-OH is 1. The quantitative estimate of drug-likeness (QED) is 0.855. The molecule has 6 heteroatoms. The van der Waals surface area contributed by atoms with Crippen LogP contribution in [0.15, 0.2) is 58.8 Å². The minimum atomic E-state index is -0.135. The number of benzene rings is 2. The number of hydrogen-bond donors (Lipinski definition) is 1. The number of hydrogen-bond acceptors (Lipinski definition) is 6. The highest BCUT2D eigenvalue weighted by Gasteiger charge is 2.30. The summed E-state index contributed by atoms with van der Waals surface area (Å²) in [6, 6.07) is 16.6. The summed E-state index contributed by atoms with van der Waals surface area (Å²) >= 11 is 0. The summed E-state index contributed by atoms with van der Waals surface area (Å²) in [7, 11) is 4.08. The second kappa shape index (κ2) is 6.96. The lowest BCUT2D eigenvalue weighted by molar-refractivity contribution is 0.266. The zero-order valence-corrected chi connectivity index (χ0v) is 15.3. The maximum absolute atomic E-state index is 9.50. The molecule has 0 aromatic heterocycles. The van der Waals surface area contributed by atoms with Gasteiger partial charge in [0.2, 0.25) is 6.29 Å². The number of para-hydroxylation sites is 2. The zero-order valence-electron chi connectivity index (χ0n) is 15.3. The van der Waals surface area contributed by atoms with Crippen molar-refractivity contribution >= 4 is 22.7 Å². The number of fused-ring (bicyclic) bond motifs is 1. The Balaban J connectivity index is 1.48. The van der Waals surface area contributed by atoms with Crippen molar-refractivity contribution in [1.82, 2.24) is 0 Å². The molecule has 0 radical (unpaired) electrons. The van der Waals surface area contributed by atoms with Crippen molar-refractivity contribution in [2.45, 2.75) is 25.2 Å². The van der Waals surface area contributed by atoms with Crippen LogP contribution in [0.4, 0.5) is 22.7 Å². The van der Waals surface area contributed by atoms with E-state index in [1.165, 1.54) is 11.4 Å². The molecular formula is C20H25N5O. The molecule has 1 fully saturated rings. The maximum atomic E-state index is 9.50. The van der Waals surface area contributed by atoms with E-state index >= 15 is 0 Å². The molecule has 1 saturated heterocycles. The molecule has 0 amide bonds. The Morgan fingerprint density at radius 1 is 1.00 bits per heavy atom. The first-order valence-electron chi connectivity index (χ1n) is 9.12. The van der Waals surface area contributed by atoms with Crippen molar-refractivity contribution in [3.05, 3.63) is 48.5 Å². The molecule has 0 bridgehead atoms. The third-order valence-corrected chi connectivity index (χ3v) is 5.38. The average Bonchev–Trinajstić information content (AvgIpc) is 3.25. The van der Waals surface area contributed by atoms with Crippen LogP contribution < -0.4 is 14.7 Å². The van der Waals surface area contributed by atoms with Gasteiger partial charge < -0.3 is 19.8 Å². The van der Waals surface area contributed by atoms with Crippen molar-refractivity contribution in [2.75, 3.05) is 41.9 Å². The molecule has 1 unspecified atom stereocenters. The first kappa shape index (κ1) is 16.8. The van der Waals surface area contributed by atoms with E-state index in [4.69, 9.17) is 0 Å². The highest BCUT2D eigenvalue weighted by atomic mass is 16.3. The minimum absolute atomic E-state index is 0.135. The van der Waals surface area contributed by atoms with E-state index < -0.39 is 0 Å². The lowest BCUT2D eigenvalue weighted by atomic mass is 10.2. The van der Waals surface area contributed by atoms with Gasteiger partial charge in [-0.3, -0.25) is 0 Å². The van der Waals surface area contributed by atoms with Gasteiger partial charge in [-0.25, -0.2) is 0 Å². The van der Waals surface area contributed by atoms with Crippen LogP contribution in [-0.4, -0.2) is 44.7 Å². The van der Waals surface area contributed by atoms with Crippen molar-refractivity contribution in [2.24, 2.45) is 10.2 Å². The van der Waals surface area contributed by atoms with Gasteiger partial charge in [0.15, 0.2) is 0 Å². The Morgan fingerprint density at radius 2 is 1.65 bits per heavy atom. The molecule has 2 aliphatic heterocycles. The zero-order chi connectivity index (χ0) is 18.1. The molecule has 1 atom stereocenters. The van der Waals surface area contributed by atoms with Crippen LogP contribution in [0.1, 0.15) is 12.8 Å². The lowest BCUT2D eigenvalue weighted by Gasteiger charge is -2.25. The average molecular weight is 351 g/mol. The second-order valence-corrected chi connectivity index (χ2v) is 6.96. The summed E-state index contributed by atoms with van der Waals surface area (Å²) in [5.74, 6) is 0. The Hall–Kier alpha value is -2.60. The number of nitrogens with zero attached hydrogens (tertiary/aromatic N) is 5. The Bertz CT molecular complexity index is 762. The van der Waals surface area contributed by atoms with Gasteiger partial charge in [-0.05, 0) is 49.2 Å². The SMILES string of the molecule is CN1c2ccccc2N(C)C1N=Nc1ccc(N2CCCC2CO)cc1. The van der Waals surface area contributed by atoms with Crippen molar-refractivity contribution in [3.63, 3.8) is 0 Å². The number of rotatable bonds is 4. The molecule has 0 aliphatic carbocycles. The molecule has 2 heterocycles. The highest BCUT2D eigenvalue weighted by Crippen LogP contribution is 2.38. The molecule has 0 spiro atoms. The van der Waals surface area contributed by atoms with E-state index in [0.717, 1.165) is 30.8 Å². The summed E-state index contributed by atoms with van der Waals surface area (Å²) < 4.78 is 0. The predicted octanol–water partition coefficient (Wildman–Crippen LogP) is 3.60. The molecule has 2 aromatic rings. The second-order valence-electron chi connectivity index (χ2n) is 6.96. The van der Waals surface area contributed by atoms with Gasteiger partial charge in [-0.2, -0.15) is 5.11 Å². The van der Waals surface area contributed by atoms with Gasteiger partial charge in [-0.1, -0.05) is 12.1 Å². The molecule has 4 rings (SSSR count). The molecular weight excluding hydrogens is 326 g/mol. The summed E-state index contributed by atoms with van der Waals surface area (Å²) in [6.07, 6.45) is 2.05. The van der Waals surface area contributed by atoms with Crippen molar-refractivity contribution < 1.29 is 5.11 Å². The Morgan fingerprint density at radius 3 is 2.27 bits per heavy atom. The van der Waals surface area contributed by atoms with Crippen LogP contribution in [0.5, 0.6) is 0 Å². The summed E-state index contributed by atoms with van der Waals surface area (Å²) in [5.41, 5.74) is 4.31. The summed E-state index contributed by atoms with van der Waals surface area (Å²) in [4.78, 5) is 6.53. The number of anilines is 3. The van der Waals surface area contributed by atoms with Gasteiger partial charge in [0.25, 0.3) is 0 Å². The molecule has 6 nitrogen and oxygen atoms in total. The maximum Gasteiger partial charge on any atom is 0.218 e. The van der Waals surface area contributed by atoms with Gasteiger partial charge >= 0.3 is 0 Å². The van der Waals surface area contributed by atoms with Crippen LogP contribution in [0, 0.1) is 0 Å². The fourth-order valence-corrected chi connectivity index (χ4v) is 3.92. The normalized spacial score (nSPS) is 20.4. The first-order valence-corrected chi connectivity index (χ1v) is 9.12. The Labute approximate surface area is 154 Å². The largest absolute Gasteiger partial charge is 0.394 e. The van der Waals surface area contributed by atoms with Crippen LogP contribution in [-0.2, 0) is 0 Å². The third-order valence-electron chi connectivity index (χ3n) is 5.38. The minimum Gasteiger partial charge on any atom is -0.394 e. The topological polar surface area (TPSA) is 54.7 Å². The van der Waals surface area contributed by atoms with Gasteiger partial charge in [0.1, 0.15) is 0 Å². The van der Waals surface area contributed by atoms with Crippen LogP contribution in [0.2, 0.25) is 0 Å². The van der Waals surface area contributed by atoms with E-state index in [1.807, 2.05) is 38.4 Å². The number of azo groups is 1. The van der Waals surface area contributed by atoms with Gasteiger partial charge in [0, 0.05) is 26.3 Å². The molecule has 0 saturated carbocycles. The molecule has 2 aliphatic rings. The molecule has 1 N–H and O–H groups in total. The van der Waals surface area contributed by atoms with E-state index in [2.05, 4.69) is 49.2 Å². The van der Waals surface area contributed by atoms with Crippen LogP contribution in [0.25, 0.3) is 0 Å². The molecule has 2 aromatic carbocycles. The first-order chi connectivity index (χ1) is 12.7. The fourth-order valence-electron chi connectivity index (χ4n) is 3.92. The Kier molecular flexibility index (Phi) is 4.51. The van der Waals surface area contributed by atoms with Crippen LogP contribution >= 0.6 is 0 Å². The van der Waals surface area contributed by atoms with Crippen molar-refractivity contribution in [3.8, 4) is 0 Å². The van der Waals surface area contributed by atoms with Gasteiger partial charge in [-0.15, -0.1) is 5.11 Å². The van der Waals surface area contributed by atoms with E-state index in [0.29, 0.717) is 0 Å². The van der Waals surface area contributed by atoms with E-state index in [1.54, 1.807) is 0 Å². The third kappa shape index (κ3) is 2.90. The molecule has 136 valence electrons. The number of aliphatic hydroxyl groups is 1. The van der Waals surface area contributed by atoms with Crippen LogP contribution in [0.3, 0.4) is 0 Å². The monoisotopic (exact) mass is 351 g/mol. The summed E-state index contributed by atoms with van der Waals surface area (Å²) in [6.45, 7) is 1.21. The van der Waals surface area contributed by atoms with E-state index in [-0.39, 0.29) is 18.9 Å². The summed E-state index contributed by atoms with van der Waals surface area (Å²) in [5, 5.41) is 18.5. The predicted molar refractivity (Wildman–Crippen MR) is 105 cm³/mol. The van der Waals surface area contributed by atoms with Gasteiger partial charge in [0.05, 0.1) is 29.7 Å². The highest BCUT2D eigenvalue weighted by molar-refractivity contribution is 5.76.